The number of carbonyl (C=O) groups is 2. The summed E-state index contributed by atoms with van der Waals surface area (Å²) < 4.78 is 0. The predicted molar refractivity (Wildman–Crippen MR) is 79.2 cm³/mol. The van der Waals surface area contributed by atoms with Gasteiger partial charge in [0.1, 0.15) is 0 Å². The molecule has 106 valence electrons. The van der Waals surface area contributed by atoms with Crippen LogP contribution in [0, 0.1) is 0 Å². The van der Waals surface area contributed by atoms with Crippen LogP contribution in [0.2, 0.25) is 0 Å². The molecule has 3 rings (SSSR count). The lowest BCUT2D eigenvalue weighted by molar-refractivity contribution is 0.0978. The van der Waals surface area contributed by atoms with Gasteiger partial charge in [-0.25, -0.2) is 0 Å². The maximum Gasteiger partial charge on any atom is 0.196 e. The van der Waals surface area contributed by atoms with E-state index in [-0.39, 0.29) is 17.1 Å². The molecule has 1 aliphatic carbocycles. The number of benzene rings is 2. The number of anilines is 1. The molecule has 2 aromatic rings. The van der Waals surface area contributed by atoms with Gasteiger partial charge in [-0.2, -0.15) is 0 Å². The third-order valence-corrected chi connectivity index (χ3v) is 3.64. The van der Waals surface area contributed by atoms with Crippen molar-refractivity contribution in [3.63, 3.8) is 0 Å². The summed E-state index contributed by atoms with van der Waals surface area (Å²) in [5, 5.41) is 11.1. The maximum atomic E-state index is 12.7. The number of carbonyl (C=O) groups excluding carboxylic acids is 2. The quantitative estimate of drug-likeness (QED) is 0.750. The Balaban J connectivity index is 2.21. The van der Waals surface area contributed by atoms with Crippen molar-refractivity contribution in [1.29, 1.82) is 0 Å². The molecule has 0 atom stereocenters. The van der Waals surface area contributed by atoms with Gasteiger partial charge in [0.25, 0.3) is 0 Å². The van der Waals surface area contributed by atoms with E-state index in [1.54, 1.807) is 42.5 Å². The average Bonchev–Trinajstić information content (AvgIpc) is 2.52. The topological polar surface area (TPSA) is 57.6 Å². The lowest BCUT2D eigenvalue weighted by Crippen LogP contribution is -2.27. The molecule has 4 heteroatoms. The summed E-state index contributed by atoms with van der Waals surface area (Å²) in [4.78, 5) is 25.2. The zero-order chi connectivity index (χ0) is 15.0. The molecule has 1 aliphatic rings. The van der Waals surface area contributed by atoms with Crippen molar-refractivity contribution in [3.8, 4) is 0 Å². The summed E-state index contributed by atoms with van der Waals surface area (Å²) in [6.07, 6.45) is 0.735. The maximum absolute atomic E-state index is 12.7. The number of hydroxylamine groups is 1. The number of rotatable bonds is 3. The summed E-state index contributed by atoms with van der Waals surface area (Å²) in [5.74, 6) is -0.391. The Bertz CT molecular complexity index is 737. The molecule has 21 heavy (non-hydrogen) atoms. The van der Waals surface area contributed by atoms with Crippen molar-refractivity contribution < 1.29 is 14.8 Å². The molecule has 4 nitrogen and oxygen atoms in total. The van der Waals surface area contributed by atoms with Crippen LogP contribution in [0.1, 0.15) is 45.2 Å². The highest BCUT2D eigenvalue weighted by atomic mass is 16.5. The van der Waals surface area contributed by atoms with Gasteiger partial charge in [-0.3, -0.25) is 19.9 Å². The highest BCUT2D eigenvalue weighted by molar-refractivity contribution is 6.30. The Morgan fingerprint density at radius 2 is 1.52 bits per heavy atom. The van der Waals surface area contributed by atoms with Crippen LogP contribution in [0.3, 0.4) is 0 Å². The summed E-state index contributed by atoms with van der Waals surface area (Å²) in [7, 11) is 0. The zero-order valence-corrected chi connectivity index (χ0v) is 11.7. The zero-order valence-electron chi connectivity index (χ0n) is 11.7. The van der Waals surface area contributed by atoms with Gasteiger partial charge in [0.2, 0.25) is 0 Å². The van der Waals surface area contributed by atoms with Gasteiger partial charge in [0.05, 0.1) is 11.3 Å². The van der Waals surface area contributed by atoms with Crippen LogP contribution in [0.25, 0.3) is 0 Å². The SMILES string of the molecule is CCCN(O)c1cccc2c1C(=O)c1ccccc1C2=O. The van der Waals surface area contributed by atoms with Gasteiger partial charge in [-0.15, -0.1) is 0 Å². The first-order valence-electron chi connectivity index (χ1n) is 6.93. The predicted octanol–water partition coefficient (Wildman–Crippen LogP) is 3.07. The summed E-state index contributed by atoms with van der Waals surface area (Å²) in [5.41, 5.74) is 1.85. The fourth-order valence-electron chi connectivity index (χ4n) is 2.67. The van der Waals surface area contributed by atoms with Gasteiger partial charge in [0, 0.05) is 23.2 Å². The highest BCUT2D eigenvalue weighted by Gasteiger charge is 2.32. The molecule has 0 heterocycles. The Hall–Kier alpha value is -2.46. The van der Waals surface area contributed by atoms with Gasteiger partial charge in [0.15, 0.2) is 11.6 Å². The van der Waals surface area contributed by atoms with Crippen molar-refractivity contribution in [2.45, 2.75) is 13.3 Å². The third-order valence-electron chi connectivity index (χ3n) is 3.64. The number of ketones is 2. The summed E-state index contributed by atoms with van der Waals surface area (Å²) in [6, 6.07) is 11.8. The normalized spacial score (nSPS) is 12.9. The van der Waals surface area contributed by atoms with Crippen LogP contribution in [-0.4, -0.2) is 23.3 Å². The Labute approximate surface area is 122 Å². The number of nitrogens with zero attached hydrogens (tertiary/aromatic N) is 1. The van der Waals surface area contributed by atoms with Crippen molar-refractivity contribution in [2.24, 2.45) is 0 Å². The number of hydrogen-bond acceptors (Lipinski definition) is 4. The van der Waals surface area contributed by atoms with E-state index in [1.807, 2.05) is 6.92 Å². The van der Waals surface area contributed by atoms with Crippen LogP contribution < -0.4 is 5.06 Å². The van der Waals surface area contributed by atoms with Crippen LogP contribution in [0.5, 0.6) is 0 Å². The monoisotopic (exact) mass is 281 g/mol. The Morgan fingerprint density at radius 3 is 2.19 bits per heavy atom. The van der Waals surface area contributed by atoms with E-state index in [0.29, 0.717) is 28.9 Å². The summed E-state index contributed by atoms with van der Waals surface area (Å²) in [6.45, 7) is 2.33. The van der Waals surface area contributed by atoms with E-state index in [2.05, 4.69) is 0 Å². The number of hydrogen-bond donors (Lipinski definition) is 1. The second-order valence-corrected chi connectivity index (χ2v) is 5.03. The fourth-order valence-corrected chi connectivity index (χ4v) is 2.67. The molecule has 2 aromatic carbocycles. The van der Waals surface area contributed by atoms with Crippen LogP contribution in [0.15, 0.2) is 42.5 Å². The molecule has 0 spiro atoms. The second kappa shape index (κ2) is 5.14. The lowest BCUT2D eigenvalue weighted by atomic mass is 9.83. The molecular formula is C17H15NO3. The Morgan fingerprint density at radius 1 is 0.905 bits per heavy atom. The molecule has 0 fully saturated rings. The lowest BCUT2D eigenvalue weighted by Gasteiger charge is -2.24. The van der Waals surface area contributed by atoms with Gasteiger partial charge >= 0.3 is 0 Å². The van der Waals surface area contributed by atoms with E-state index < -0.39 is 0 Å². The molecular weight excluding hydrogens is 266 g/mol. The van der Waals surface area contributed by atoms with Crippen molar-refractivity contribution in [2.75, 3.05) is 11.6 Å². The van der Waals surface area contributed by atoms with E-state index in [0.717, 1.165) is 11.5 Å². The molecule has 0 amide bonds. The minimum Gasteiger partial charge on any atom is -0.289 e. The summed E-state index contributed by atoms with van der Waals surface area (Å²) >= 11 is 0. The van der Waals surface area contributed by atoms with Crippen molar-refractivity contribution in [3.05, 3.63) is 64.7 Å². The minimum atomic E-state index is -0.217. The Kier molecular flexibility index (Phi) is 3.31. The van der Waals surface area contributed by atoms with Gasteiger partial charge < -0.3 is 0 Å². The third kappa shape index (κ3) is 2.04. The molecule has 1 N–H and O–H groups in total. The van der Waals surface area contributed by atoms with Crippen molar-refractivity contribution >= 4 is 17.3 Å². The van der Waals surface area contributed by atoms with Crippen LogP contribution in [0.4, 0.5) is 5.69 Å². The fraction of sp³-hybridized carbons (Fsp3) is 0.176. The van der Waals surface area contributed by atoms with E-state index in [4.69, 9.17) is 0 Å². The molecule has 0 unspecified atom stereocenters. The van der Waals surface area contributed by atoms with E-state index in [1.165, 1.54) is 0 Å². The van der Waals surface area contributed by atoms with E-state index in [9.17, 15) is 14.8 Å². The van der Waals surface area contributed by atoms with E-state index >= 15 is 0 Å². The van der Waals surface area contributed by atoms with Gasteiger partial charge in [-0.1, -0.05) is 43.3 Å². The largest absolute Gasteiger partial charge is 0.289 e. The van der Waals surface area contributed by atoms with Gasteiger partial charge in [-0.05, 0) is 12.5 Å². The smallest absolute Gasteiger partial charge is 0.196 e. The first-order valence-corrected chi connectivity index (χ1v) is 6.93. The first-order chi connectivity index (χ1) is 10.1. The molecule has 0 saturated carbocycles. The molecule has 0 saturated heterocycles. The standard InChI is InChI=1S/C17H15NO3/c1-2-10-18(21)14-9-5-8-13-15(14)17(20)12-7-4-3-6-11(12)16(13)19/h3-9,21H,2,10H2,1H3. The van der Waals surface area contributed by atoms with Crippen LogP contribution in [-0.2, 0) is 0 Å². The highest BCUT2D eigenvalue weighted by Crippen LogP contribution is 2.33. The minimum absolute atomic E-state index is 0.174. The first kappa shape index (κ1) is 13.5. The van der Waals surface area contributed by atoms with Crippen molar-refractivity contribution in [1.82, 2.24) is 0 Å². The van der Waals surface area contributed by atoms with Crippen LogP contribution >= 0.6 is 0 Å². The molecule has 0 aliphatic heterocycles. The average molecular weight is 281 g/mol. The molecule has 0 bridgehead atoms. The second-order valence-electron chi connectivity index (χ2n) is 5.03. The molecule has 0 radical (unpaired) electrons. The molecule has 0 aromatic heterocycles. The number of fused-ring (bicyclic) bond motifs is 2.